The van der Waals surface area contributed by atoms with Gasteiger partial charge in [-0.1, -0.05) is 13.3 Å². The van der Waals surface area contributed by atoms with Gasteiger partial charge >= 0.3 is 0 Å². The van der Waals surface area contributed by atoms with Crippen molar-refractivity contribution in [2.24, 2.45) is 0 Å². The number of carbonyl (C=O) groups excluding carboxylic acids is 2. The summed E-state index contributed by atoms with van der Waals surface area (Å²) in [5.74, 6) is 0.180. The second-order valence-corrected chi connectivity index (χ2v) is 6.65. The quantitative estimate of drug-likeness (QED) is 0.928. The molecule has 2 aliphatic rings. The topological polar surface area (TPSA) is 49.4 Å². The molecule has 4 nitrogen and oxygen atoms in total. The molecule has 2 fully saturated rings. The molecule has 0 unspecified atom stereocenters. The summed E-state index contributed by atoms with van der Waals surface area (Å²) in [6.45, 7) is 2.75. The van der Waals surface area contributed by atoms with Gasteiger partial charge in [0.25, 0.3) is 5.91 Å². The smallest absolute Gasteiger partial charge is 0.255 e. The number of thiophene rings is 1. The first-order chi connectivity index (χ1) is 9.69. The van der Waals surface area contributed by atoms with Crippen molar-refractivity contribution in [2.75, 3.05) is 6.54 Å². The van der Waals surface area contributed by atoms with Crippen molar-refractivity contribution < 1.29 is 9.59 Å². The van der Waals surface area contributed by atoms with Crippen molar-refractivity contribution in [3.63, 3.8) is 0 Å². The number of nitrogens with one attached hydrogen (secondary N) is 1. The van der Waals surface area contributed by atoms with Gasteiger partial charge < -0.3 is 10.2 Å². The Hall–Kier alpha value is -1.36. The Bertz CT molecular complexity index is 526. The highest BCUT2D eigenvalue weighted by molar-refractivity contribution is 7.10. The lowest BCUT2D eigenvalue weighted by Crippen LogP contribution is -2.42. The van der Waals surface area contributed by atoms with E-state index in [9.17, 15) is 9.59 Å². The van der Waals surface area contributed by atoms with Crippen LogP contribution in [0.1, 0.15) is 47.8 Å². The number of nitrogens with zero attached hydrogens (tertiary/aromatic N) is 1. The maximum Gasteiger partial charge on any atom is 0.255 e. The lowest BCUT2D eigenvalue weighted by atomic mass is 10.1. The van der Waals surface area contributed by atoms with Crippen molar-refractivity contribution in [2.45, 2.75) is 51.1 Å². The van der Waals surface area contributed by atoms with Crippen molar-refractivity contribution in [3.8, 4) is 0 Å². The van der Waals surface area contributed by atoms with E-state index in [-0.39, 0.29) is 23.9 Å². The van der Waals surface area contributed by atoms with E-state index < -0.39 is 0 Å². The minimum atomic E-state index is 0.0759. The zero-order chi connectivity index (χ0) is 14.1. The zero-order valence-corrected chi connectivity index (χ0v) is 12.5. The highest BCUT2D eigenvalue weighted by Crippen LogP contribution is 2.31. The van der Waals surface area contributed by atoms with Crippen LogP contribution in [-0.4, -0.2) is 35.3 Å². The minimum absolute atomic E-state index is 0.0759. The first kappa shape index (κ1) is 13.6. The van der Waals surface area contributed by atoms with Crippen molar-refractivity contribution in [1.82, 2.24) is 10.2 Å². The monoisotopic (exact) mass is 292 g/mol. The number of carbonyl (C=O) groups is 2. The van der Waals surface area contributed by atoms with Crippen molar-refractivity contribution in [1.29, 1.82) is 0 Å². The number of aryl methyl sites for hydroxylation is 1. The molecule has 0 aliphatic carbocycles. The predicted molar refractivity (Wildman–Crippen MR) is 78.9 cm³/mol. The zero-order valence-electron chi connectivity index (χ0n) is 11.7. The molecule has 108 valence electrons. The van der Waals surface area contributed by atoms with E-state index in [1.54, 1.807) is 11.3 Å². The standard InChI is InChI=1S/C15H20N2O2S/c1-2-3-13-6-10(9-20-13)15(19)17-11-4-5-12(17)8-16-14(18)7-11/h6,9,11-12H,2-5,7-8H2,1H3,(H,16,18)/t11-,12+/m0/s1. The van der Waals surface area contributed by atoms with Gasteiger partial charge in [-0.15, -0.1) is 11.3 Å². The second-order valence-electron chi connectivity index (χ2n) is 5.66. The van der Waals surface area contributed by atoms with E-state index >= 15 is 0 Å². The van der Waals surface area contributed by atoms with Crippen LogP contribution >= 0.6 is 11.3 Å². The normalized spacial score (nSPS) is 25.4. The first-order valence-corrected chi connectivity index (χ1v) is 8.23. The number of hydrogen-bond donors (Lipinski definition) is 1. The van der Waals surface area contributed by atoms with Crippen LogP contribution in [0.3, 0.4) is 0 Å². The Kier molecular flexibility index (Phi) is 3.78. The van der Waals surface area contributed by atoms with E-state index in [0.29, 0.717) is 13.0 Å². The van der Waals surface area contributed by atoms with Crippen molar-refractivity contribution >= 4 is 23.2 Å². The van der Waals surface area contributed by atoms with Crippen LogP contribution in [0.5, 0.6) is 0 Å². The van der Waals surface area contributed by atoms with Gasteiger partial charge in [0.05, 0.1) is 5.56 Å². The van der Waals surface area contributed by atoms with Gasteiger partial charge in [-0.05, 0) is 25.3 Å². The Morgan fingerprint density at radius 1 is 1.45 bits per heavy atom. The fraction of sp³-hybridized carbons (Fsp3) is 0.600. The van der Waals surface area contributed by atoms with Gasteiger partial charge in [0.1, 0.15) is 0 Å². The maximum absolute atomic E-state index is 12.7. The summed E-state index contributed by atoms with van der Waals surface area (Å²) in [7, 11) is 0. The summed E-state index contributed by atoms with van der Waals surface area (Å²) < 4.78 is 0. The molecule has 0 radical (unpaired) electrons. The average molecular weight is 292 g/mol. The highest BCUT2D eigenvalue weighted by atomic mass is 32.1. The van der Waals surface area contributed by atoms with Gasteiger partial charge in [-0.25, -0.2) is 0 Å². The number of fused-ring (bicyclic) bond motifs is 2. The molecule has 1 aromatic rings. The van der Waals surface area contributed by atoms with Crippen LogP contribution < -0.4 is 5.32 Å². The van der Waals surface area contributed by atoms with Gasteiger partial charge in [0.15, 0.2) is 0 Å². The Morgan fingerprint density at radius 3 is 3.05 bits per heavy atom. The van der Waals surface area contributed by atoms with E-state index in [1.807, 2.05) is 16.3 Å². The molecule has 1 N–H and O–H groups in total. The third-order valence-electron chi connectivity index (χ3n) is 4.21. The largest absolute Gasteiger partial charge is 0.354 e. The molecule has 2 atom stereocenters. The van der Waals surface area contributed by atoms with Gasteiger partial charge in [0, 0.05) is 35.3 Å². The van der Waals surface area contributed by atoms with E-state index in [1.165, 1.54) is 4.88 Å². The fourth-order valence-corrected chi connectivity index (χ4v) is 4.19. The molecule has 1 aromatic heterocycles. The molecule has 2 saturated heterocycles. The Morgan fingerprint density at radius 2 is 2.25 bits per heavy atom. The molecule has 5 heteroatoms. The minimum Gasteiger partial charge on any atom is -0.354 e. The number of amides is 2. The van der Waals surface area contributed by atoms with Crippen LogP contribution in [0.25, 0.3) is 0 Å². The molecule has 2 aliphatic heterocycles. The Balaban J connectivity index is 1.80. The molecule has 20 heavy (non-hydrogen) atoms. The summed E-state index contributed by atoms with van der Waals surface area (Å²) in [6.07, 6.45) is 4.54. The van der Waals surface area contributed by atoms with Crippen molar-refractivity contribution in [3.05, 3.63) is 21.9 Å². The van der Waals surface area contributed by atoms with Gasteiger partial charge in [-0.2, -0.15) is 0 Å². The molecule has 2 amide bonds. The molecule has 0 aromatic carbocycles. The molecule has 3 heterocycles. The van der Waals surface area contributed by atoms with Crippen LogP contribution in [0.15, 0.2) is 11.4 Å². The fourth-order valence-electron chi connectivity index (χ4n) is 3.23. The summed E-state index contributed by atoms with van der Waals surface area (Å²) in [5, 5.41) is 4.87. The summed E-state index contributed by atoms with van der Waals surface area (Å²) in [4.78, 5) is 27.6. The first-order valence-electron chi connectivity index (χ1n) is 7.35. The van der Waals surface area contributed by atoms with Gasteiger partial charge in [-0.3, -0.25) is 9.59 Å². The Labute approximate surface area is 123 Å². The highest BCUT2D eigenvalue weighted by Gasteiger charge is 2.40. The molecule has 0 saturated carbocycles. The predicted octanol–water partition coefficient (Wildman–Crippen LogP) is 2.19. The summed E-state index contributed by atoms with van der Waals surface area (Å²) in [6, 6.07) is 2.29. The van der Waals surface area contributed by atoms with Crippen LogP contribution in [0.4, 0.5) is 0 Å². The maximum atomic E-state index is 12.7. The van der Waals surface area contributed by atoms with E-state index in [0.717, 1.165) is 31.2 Å². The summed E-state index contributed by atoms with van der Waals surface area (Å²) >= 11 is 1.67. The third-order valence-corrected chi connectivity index (χ3v) is 5.20. The molecule has 0 spiro atoms. The number of hydrogen-bond acceptors (Lipinski definition) is 3. The lowest BCUT2D eigenvalue weighted by Gasteiger charge is -2.27. The van der Waals surface area contributed by atoms with Crippen LogP contribution in [0, 0.1) is 0 Å². The van der Waals surface area contributed by atoms with Gasteiger partial charge in [0.2, 0.25) is 5.91 Å². The number of rotatable bonds is 3. The summed E-state index contributed by atoms with van der Waals surface area (Å²) in [5.41, 5.74) is 0.796. The average Bonchev–Trinajstić information content (AvgIpc) is 2.98. The molecular formula is C15H20N2O2S. The SMILES string of the molecule is CCCc1cc(C(=O)N2[C@@H]3CC[C@H]2CC(=O)NC3)cs1. The third kappa shape index (κ3) is 2.46. The second kappa shape index (κ2) is 5.56. The molecular weight excluding hydrogens is 272 g/mol. The van der Waals surface area contributed by atoms with E-state index in [4.69, 9.17) is 0 Å². The molecule has 2 bridgehead atoms. The van der Waals surface area contributed by atoms with Crippen LogP contribution in [-0.2, 0) is 11.2 Å². The van der Waals surface area contributed by atoms with E-state index in [2.05, 4.69) is 12.2 Å². The van der Waals surface area contributed by atoms with Crippen LogP contribution in [0.2, 0.25) is 0 Å². The molecule has 3 rings (SSSR count). The lowest BCUT2D eigenvalue weighted by molar-refractivity contribution is -0.121.